The first-order valence-electron chi connectivity index (χ1n) is 3.29. The Labute approximate surface area is 77.3 Å². The van der Waals surface area contributed by atoms with Gasteiger partial charge in [0.25, 0.3) is 0 Å². The lowest BCUT2D eigenvalue weighted by Gasteiger charge is -2.04. The van der Waals surface area contributed by atoms with Crippen molar-refractivity contribution in [2.24, 2.45) is 0 Å². The first-order chi connectivity index (χ1) is 6.41. The average molecular weight is 204 g/mol. The summed E-state index contributed by atoms with van der Waals surface area (Å²) in [6.45, 7) is 0. The molecule has 14 heavy (non-hydrogen) atoms. The summed E-state index contributed by atoms with van der Waals surface area (Å²) in [6.07, 6.45) is -3.83. The van der Waals surface area contributed by atoms with E-state index in [1.807, 2.05) is 0 Å². The molecule has 0 bridgehead atoms. The van der Waals surface area contributed by atoms with Gasteiger partial charge in [-0.05, 0) is 30.3 Å². The standard InChI is InChI=1S/C7H5F3O.CNO/c8-7(9,10)5-1-3-6(11)4-2-5;2-1-3/h1-4,11H;/q;-1. The summed E-state index contributed by atoms with van der Waals surface area (Å²) in [4.78, 5) is 8.24. The highest BCUT2D eigenvalue weighted by molar-refractivity contribution is 5.36. The van der Waals surface area contributed by atoms with Crippen molar-refractivity contribution in [3.8, 4) is 5.75 Å². The van der Waals surface area contributed by atoms with Crippen molar-refractivity contribution in [2.45, 2.75) is 6.18 Å². The molecule has 1 aromatic rings. The first kappa shape index (κ1) is 12.2. The van der Waals surface area contributed by atoms with Crippen LogP contribution < -0.4 is 0 Å². The largest absolute Gasteiger partial charge is 0.724 e. The summed E-state index contributed by atoms with van der Waals surface area (Å²) in [5.41, 5.74) is -0.754. The van der Waals surface area contributed by atoms with Crippen LogP contribution in [0.4, 0.5) is 13.2 Å². The van der Waals surface area contributed by atoms with Gasteiger partial charge in [0.15, 0.2) is 0 Å². The van der Waals surface area contributed by atoms with Gasteiger partial charge in [-0.25, -0.2) is 0 Å². The molecule has 0 aliphatic rings. The average Bonchev–Trinajstić information content (AvgIpc) is 2.04. The highest BCUT2D eigenvalue weighted by Gasteiger charge is 2.29. The number of isocyanates is 1. The van der Waals surface area contributed by atoms with Gasteiger partial charge in [0, 0.05) is 0 Å². The summed E-state index contributed by atoms with van der Waals surface area (Å²) in [6, 6.07) is 3.66. The fourth-order valence-electron chi connectivity index (χ4n) is 0.650. The van der Waals surface area contributed by atoms with E-state index in [1.54, 1.807) is 0 Å². The quantitative estimate of drug-likeness (QED) is 0.520. The van der Waals surface area contributed by atoms with Crippen molar-refractivity contribution >= 4 is 6.08 Å². The van der Waals surface area contributed by atoms with E-state index >= 15 is 0 Å². The molecule has 1 N–H and O–H groups in total. The summed E-state index contributed by atoms with van der Waals surface area (Å²) in [7, 11) is 0. The topological polar surface area (TPSA) is 59.6 Å². The maximum Gasteiger partial charge on any atom is 0.416 e. The molecule has 0 aliphatic heterocycles. The lowest BCUT2D eigenvalue weighted by atomic mass is 10.2. The molecule has 6 heteroatoms. The molecule has 3 nitrogen and oxygen atoms in total. The van der Waals surface area contributed by atoms with Gasteiger partial charge in [0.2, 0.25) is 0 Å². The minimum Gasteiger partial charge on any atom is -0.724 e. The van der Waals surface area contributed by atoms with Crippen LogP contribution in [0, 0.1) is 0 Å². The van der Waals surface area contributed by atoms with Crippen LogP contribution in [-0.2, 0) is 11.0 Å². The Kier molecular flexibility index (Phi) is 4.38. The number of hydrogen-bond donors (Lipinski definition) is 1. The number of hydrogen-bond acceptors (Lipinski definition) is 2. The molecule has 0 radical (unpaired) electrons. The lowest BCUT2D eigenvalue weighted by Crippen LogP contribution is -2.03. The van der Waals surface area contributed by atoms with E-state index in [0.717, 1.165) is 24.3 Å². The molecule has 0 saturated heterocycles. The number of nitrogens with zero attached hydrogens (tertiary/aromatic N) is 1. The Hall–Kier alpha value is -1.81. The molecule has 0 atom stereocenters. The fourth-order valence-corrected chi connectivity index (χ4v) is 0.650. The van der Waals surface area contributed by atoms with Gasteiger partial charge in [-0.2, -0.15) is 13.2 Å². The number of alkyl halides is 3. The van der Waals surface area contributed by atoms with Crippen molar-refractivity contribution < 1.29 is 23.1 Å². The number of benzene rings is 1. The normalized spacial score (nSPS) is 9.64. The van der Waals surface area contributed by atoms with Crippen LogP contribution in [0.15, 0.2) is 24.3 Å². The molecular formula is C8H5F3NO2-. The summed E-state index contributed by atoms with van der Waals surface area (Å²) >= 11 is 0. The van der Waals surface area contributed by atoms with Gasteiger partial charge in [0.1, 0.15) is 5.75 Å². The Bertz CT molecular complexity index is 312. The summed E-state index contributed by atoms with van der Waals surface area (Å²) in [5, 5.41) is 15.4. The van der Waals surface area contributed by atoms with Crippen molar-refractivity contribution in [1.29, 1.82) is 0 Å². The zero-order chi connectivity index (χ0) is 11.2. The van der Waals surface area contributed by atoms with E-state index in [-0.39, 0.29) is 5.75 Å². The highest BCUT2D eigenvalue weighted by atomic mass is 19.4. The van der Waals surface area contributed by atoms with Crippen LogP contribution in [0.1, 0.15) is 5.56 Å². The monoisotopic (exact) mass is 204 g/mol. The van der Waals surface area contributed by atoms with Crippen LogP contribution in [-0.4, -0.2) is 11.2 Å². The molecule has 1 rings (SSSR count). The van der Waals surface area contributed by atoms with E-state index in [1.165, 1.54) is 0 Å². The number of halogens is 3. The van der Waals surface area contributed by atoms with E-state index in [4.69, 9.17) is 15.3 Å². The third kappa shape index (κ3) is 4.27. The second kappa shape index (κ2) is 5.04. The van der Waals surface area contributed by atoms with Crippen LogP contribution in [0.2, 0.25) is 0 Å². The Morgan fingerprint density at radius 1 is 1.21 bits per heavy atom. The van der Waals surface area contributed by atoms with Crippen molar-refractivity contribution in [1.82, 2.24) is 0 Å². The van der Waals surface area contributed by atoms with Gasteiger partial charge in [0.05, 0.1) is 5.56 Å². The zero-order valence-corrected chi connectivity index (χ0v) is 6.75. The summed E-state index contributed by atoms with van der Waals surface area (Å²) < 4.78 is 35.5. The van der Waals surface area contributed by atoms with Gasteiger partial charge in [-0.3, -0.25) is 4.79 Å². The minimum absolute atomic E-state index is 0.169. The zero-order valence-electron chi connectivity index (χ0n) is 6.75. The van der Waals surface area contributed by atoms with Gasteiger partial charge in [-0.15, -0.1) is 0 Å². The van der Waals surface area contributed by atoms with E-state index in [2.05, 4.69) is 0 Å². The van der Waals surface area contributed by atoms with Crippen LogP contribution >= 0.6 is 0 Å². The maximum absolute atomic E-state index is 11.8. The van der Waals surface area contributed by atoms with Gasteiger partial charge >= 0.3 is 6.18 Å². The van der Waals surface area contributed by atoms with E-state index < -0.39 is 11.7 Å². The smallest absolute Gasteiger partial charge is 0.416 e. The fraction of sp³-hybridized carbons (Fsp3) is 0.125. The van der Waals surface area contributed by atoms with E-state index in [9.17, 15) is 13.2 Å². The molecule has 1 aromatic carbocycles. The van der Waals surface area contributed by atoms with E-state index in [0.29, 0.717) is 6.08 Å². The van der Waals surface area contributed by atoms with Crippen LogP contribution in [0.5, 0.6) is 5.75 Å². The van der Waals surface area contributed by atoms with Crippen LogP contribution in [0.25, 0.3) is 5.41 Å². The molecule has 0 heterocycles. The molecule has 0 amide bonds. The van der Waals surface area contributed by atoms with Gasteiger partial charge in [-0.1, -0.05) is 0 Å². The number of phenolic OH excluding ortho intramolecular Hbond substituents is 1. The number of rotatable bonds is 0. The highest BCUT2D eigenvalue weighted by Crippen LogP contribution is 2.29. The molecule has 0 fully saturated rings. The molecule has 0 aliphatic carbocycles. The maximum atomic E-state index is 11.8. The number of aromatic hydroxyl groups is 1. The minimum atomic E-state index is -4.33. The molecule has 0 aromatic heterocycles. The molecule has 0 unspecified atom stereocenters. The SMILES string of the molecule is Oc1ccc(C(F)(F)F)cc1.[N-]=C=O. The third-order valence-corrected chi connectivity index (χ3v) is 1.19. The molecule has 0 saturated carbocycles. The van der Waals surface area contributed by atoms with Gasteiger partial charge < -0.3 is 10.5 Å². The van der Waals surface area contributed by atoms with Crippen molar-refractivity contribution in [3.63, 3.8) is 0 Å². The third-order valence-electron chi connectivity index (χ3n) is 1.19. The Morgan fingerprint density at radius 2 is 1.57 bits per heavy atom. The van der Waals surface area contributed by atoms with Crippen LogP contribution in [0.3, 0.4) is 0 Å². The number of carbonyl (C=O) groups excluding carboxylic acids is 1. The second-order valence-electron chi connectivity index (χ2n) is 2.14. The predicted molar refractivity (Wildman–Crippen MR) is 42.2 cm³/mol. The lowest BCUT2D eigenvalue weighted by molar-refractivity contribution is -0.137. The number of phenols is 1. The molecule has 76 valence electrons. The van der Waals surface area contributed by atoms with Crippen molar-refractivity contribution in [3.05, 3.63) is 35.2 Å². The first-order valence-corrected chi connectivity index (χ1v) is 3.29. The summed E-state index contributed by atoms with van der Waals surface area (Å²) in [5.74, 6) is -0.169. The molecular weight excluding hydrogens is 199 g/mol. The molecule has 0 spiro atoms. The Morgan fingerprint density at radius 3 is 1.86 bits per heavy atom. The second-order valence-corrected chi connectivity index (χ2v) is 2.14. The Balaban J connectivity index is 0.000000500. The predicted octanol–water partition coefficient (Wildman–Crippen LogP) is 2.30. The van der Waals surface area contributed by atoms with Crippen molar-refractivity contribution in [2.75, 3.05) is 0 Å².